The van der Waals surface area contributed by atoms with Gasteiger partial charge in [0.05, 0.1) is 12.2 Å². The number of piperidine rings is 1. The minimum atomic E-state index is -0.0903. The zero-order valence-corrected chi connectivity index (χ0v) is 13.5. The summed E-state index contributed by atoms with van der Waals surface area (Å²) in [6, 6.07) is 8.28. The van der Waals surface area contributed by atoms with Crippen LogP contribution in [0.4, 0.5) is 5.69 Å². The number of rotatable bonds is 6. The van der Waals surface area contributed by atoms with E-state index < -0.39 is 0 Å². The average Bonchev–Trinajstić information content (AvgIpc) is 2.46. The third-order valence-corrected chi connectivity index (χ3v) is 3.96. The molecule has 4 heteroatoms. The molecule has 1 fully saturated rings. The van der Waals surface area contributed by atoms with E-state index in [2.05, 4.69) is 29.0 Å². The van der Waals surface area contributed by atoms with Gasteiger partial charge in [0.15, 0.2) is 0 Å². The molecule has 0 bridgehead atoms. The summed E-state index contributed by atoms with van der Waals surface area (Å²) in [4.78, 5) is 4.70. The first kappa shape index (κ1) is 16.1. The summed E-state index contributed by atoms with van der Waals surface area (Å²) in [5.74, 6) is 0.923. The molecule has 0 radical (unpaired) electrons. The van der Waals surface area contributed by atoms with E-state index in [1.165, 1.54) is 5.69 Å². The van der Waals surface area contributed by atoms with Crippen molar-refractivity contribution in [1.29, 1.82) is 0 Å². The van der Waals surface area contributed by atoms with Crippen LogP contribution in [0.1, 0.15) is 26.7 Å². The van der Waals surface area contributed by atoms with Crippen molar-refractivity contribution in [2.24, 2.45) is 0 Å². The molecule has 4 nitrogen and oxygen atoms in total. The van der Waals surface area contributed by atoms with Crippen molar-refractivity contribution in [1.82, 2.24) is 4.90 Å². The van der Waals surface area contributed by atoms with Gasteiger partial charge in [-0.3, -0.25) is 0 Å². The highest BCUT2D eigenvalue weighted by molar-refractivity contribution is 5.48. The second-order valence-corrected chi connectivity index (χ2v) is 6.15. The van der Waals surface area contributed by atoms with Crippen molar-refractivity contribution >= 4 is 5.69 Å². The van der Waals surface area contributed by atoms with Crippen LogP contribution in [0.3, 0.4) is 0 Å². The molecule has 0 unspecified atom stereocenters. The number of hydrogen-bond acceptors (Lipinski definition) is 4. The topological polar surface area (TPSA) is 35.9 Å². The summed E-state index contributed by atoms with van der Waals surface area (Å²) in [6.45, 7) is 8.14. The van der Waals surface area contributed by atoms with E-state index in [4.69, 9.17) is 4.74 Å². The highest BCUT2D eigenvalue weighted by Gasteiger charge is 2.16. The Hall–Kier alpha value is -1.26. The van der Waals surface area contributed by atoms with Gasteiger partial charge in [0, 0.05) is 38.9 Å². The summed E-state index contributed by atoms with van der Waals surface area (Å²) in [6.07, 6.45) is 1.94. The first-order valence-corrected chi connectivity index (χ1v) is 7.93. The highest BCUT2D eigenvalue weighted by Crippen LogP contribution is 2.19. The number of likely N-dealkylation sites (N-methyl/N-ethyl adjacent to an activating group) is 1. The molecule has 2 rings (SSSR count). The lowest BCUT2D eigenvalue weighted by Gasteiger charge is -2.31. The SMILES string of the molecule is CC(C)Oc1ccc(N(C)CCN2CCC(O)CC2)cc1. The van der Waals surface area contributed by atoms with Gasteiger partial charge in [0.2, 0.25) is 0 Å². The fourth-order valence-corrected chi connectivity index (χ4v) is 2.61. The number of nitrogens with zero attached hydrogens (tertiary/aromatic N) is 2. The predicted molar refractivity (Wildman–Crippen MR) is 87.2 cm³/mol. The predicted octanol–water partition coefficient (Wildman–Crippen LogP) is 2.37. The van der Waals surface area contributed by atoms with Gasteiger partial charge < -0.3 is 19.6 Å². The standard InChI is InChI=1S/C17H28N2O2/c1-14(2)21-17-6-4-15(5-7-17)18(3)12-13-19-10-8-16(20)9-11-19/h4-7,14,16,20H,8-13H2,1-3H3. The minimum Gasteiger partial charge on any atom is -0.491 e. The van der Waals surface area contributed by atoms with Crippen molar-refractivity contribution in [3.05, 3.63) is 24.3 Å². The summed E-state index contributed by atoms with van der Waals surface area (Å²) >= 11 is 0. The maximum atomic E-state index is 9.52. The molecule has 0 aromatic heterocycles. The van der Waals surface area contributed by atoms with Crippen molar-refractivity contribution in [3.8, 4) is 5.75 Å². The van der Waals surface area contributed by atoms with Gasteiger partial charge in [-0.25, -0.2) is 0 Å². The van der Waals surface area contributed by atoms with E-state index in [1.807, 2.05) is 26.0 Å². The molecular formula is C17H28N2O2. The Balaban J connectivity index is 1.78. The summed E-state index contributed by atoms with van der Waals surface area (Å²) in [5.41, 5.74) is 1.21. The van der Waals surface area contributed by atoms with Gasteiger partial charge in [-0.15, -0.1) is 0 Å². The van der Waals surface area contributed by atoms with Gasteiger partial charge in [-0.05, 0) is 51.0 Å². The average molecular weight is 292 g/mol. The number of anilines is 1. The minimum absolute atomic E-state index is 0.0903. The fraction of sp³-hybridized carbons (Fsp3) is 0.647. The van der Waals surface area contributed by atoms with Crippen LogP contribution in [-0.4, -0.2) is 55.4 Å². The van der Waals surface area contributed by atoms with E-state index >= 15 is 0 Å². The molecule has 0 spiro atoms. The van der Waals surface area contributed by atoms with Crippen LogP contribution < -0.4 is 9.64 Å². The van der Waals surface area contributed by atoms with Crippen LogP contribution in [0.15, 0.2) is 24.3 Å². The van der Waals surface area contributed by atoms with Gasteiger partial charge in [0.1, 0.15) is 5.75 Å². The normalized spacial score (nSPS) is 17.2. The summed E-state index contributed by atoms with van der Waals surface area (Å²) < 4.78 is 5.66. The number of aliphatic hydroxyl groups excluding tert-OH is 1. The zero-order chi connectivity index (χ0) is 15.2. The smallest absolute Gasteiger partial charge is 0.119 e. The molecule has 0 saturated carbocycles. The number of benzene rings is 1. The van der Waals surface area contributed by atoms with Gasteiger partial charge in [0.25, 0.3) is 0 Å². The van der Waals surface area contributed by atoms with E-state index in [-0.39, 0.29) is 12.2 Å². The lowest BCUT2D eigenvalue weighted by molar-refractivity contribution is 0.0840. The van der Waals surface area contributed by atoms with E-state index in [0.717, 1.165) is 44.8 Å². The van der Waals surface area contributed by atoms with Crippen molar-refractivity contribution in [2.45, 2.75) is 38.9 Å². The summed E-state index contributed by atoms with van der Waals surface area (Å²) in [5, 5.41) is 9.52. The lowest BCUT2D eigenvalue weighted by Crippen LogP contribution is -2.40. The van der Waals surface area contributed by atoms with Crippen LogP contribution >= 0.6 is 0 Å². The van der Waals surface area contributed by atoms with Gasteiger partial charge in [-0.1, -0.05) is 0 Å². The fourth-order valence-electron chi connectivity index (χ4n) is 2.61. The second-order valence-electron chi connectivity index (χ2n) is 6.15. The molecule has 1 aliphatic heterocycles. The molecule has 1 heterocycles. The third-order valence-electron chi connectivity index (χ3n) is 3.96. The Morgan fingerprint density at radius 3 is 2.43 bits per heavy atom. The van der Waals surface area contributed by atoms with Gasteiger partial charge >= 0.3 is 0 Å². The Morgan fingerprint density at radius 2 is 1.86 bits per heavy atom. The number of ether oxygens (including phenoxy) is 1. The van der Waals surface area contributed by atoms with E-state index in [9.17, 15) is 5.11 Å². The second kappa shape index (κ2) is 7.66. The van der Waals surface area contributed by atoms with Crippen LogP contribution in [-0.2, 0) is 0 Å². The molecule has 1 aromatic carbocycles. The summed E-state index contributed by atoms with van der Waals surface area (Å²) in [7, 11) is 2.12. The molecular weight excluding hydrogens is 264 g/mol. The first-order valence-electron chi connectivity index (χ1n) is 7.93. The molecule has 1 N–H and O–H groups in total. The molecule has 21 heavy (non-hydrogen) atoms. The molecule has 1 saturated heterocycles. The largest absolute Gasteiger partial charge is 0.491 e. The molecule has 1 aromatic rings. The number of likely N-dealkylation sites (tertiary alicyclic amines) is 1. The van der Waals surface area contributed by atoms with Crippen molar-refractivity contribution < 1.29 is 9.84 Å². The van der Waals surface area contributed by atoms with E-state index in [1.54, 1.807) is 0 Å². The van der Waals surface area contributed by atoms with Crippen LogP contribution in [0, 0.1) is 0 Å². The van der Waals surface area contributed by atoms with Crippen LogP contribution in [0.25, 0.3) is 0 Å². The highest BCUT2D eigenvalue weighted by atomic mass is 16.5. The Morgan fingerprint density at radius 1 is 1.24 bits per heavy atom. The Labute approximate surface area is 128 Å². The lowest BCUT2D eigenvalue weighted by atomic mass is 10.1. The number of aliphatic hydroxyl groups is 1. The molecule has 0 atom stereocenters. The maximum Gasteiger partial charge on any atom is 0.119 e. The molecule has 0 aliphatic carbocycles. The maximum absolute atomic E-state index is 9.52. The van der Waals surface area contributed by atoms with E-state index in [0.29, 0.717) is 0 Å². The molecule has 0 amide bonds. The van der Waals surface area contributed by atoms with Crippen LogP contribution in [0.2, 0.25) is 0 Å². The van der Waals surface area contributed by atoms with Gasteiger partial charge in [-0.2, -0.15) is 0 Å². The quantitative estimate of drug-likeness (QED) is 0.873. The monoisotopic (exact) mass is 292 g/mol. The first-order chi connectivity index (χ1) is 10.0. The van der Waals surface area contributed by atoms with Crippen molar-refractivity contribution in [3.63, 3.8) is 0 Å². The Bertz CT molecular complexity index is 411. The zero-order valence-electron chi connectivity index (χ0n) is 13.5. The third kappa shape index (κ3) is 5.21. The number of hydrogen-bond donors (Lipinski definition) is 1. The van der Waals surface area contributed by atoms with Crippen molar-refractivity contribution in [2.75, 3.05) is 38.1 Å². The Kier molecular flexibility index (Phi) is 5.88. The van der Waals surface area contributed by atoms with Crippen LogP contribution in [0.5, 0.6) is 5.75 Å². The molecule has 118 valence electrons. The molecule has 1 aliphatic rings.